The molecule has 2 nitrogen and oxygen atoms in total. The fourth-order valence-corrected chi connectivity index (χ4v) is 12.7. The second-order valence-electron chi connectivity index (χ2n) is 22.8. The van der Waals surface area contributed by atoms with Crippen molar-refractivity contribution in [3.05, 3.63) is 161 Å². The van der Waals surface area contributed by atoms with Crippen LogP contribution in [-0.4, -0.2) is 11.8 Å². The van der Waals surface area contributed by atoms with Gasteiger partial charge in [-0.2, -0.15) is 0 Å². The van der Waals surface area contributed by atoms with Crippen molar-refractivity contribution < 1.29 is 0 Å². The first-order chi connectivity index (χ1) is 31.6. The maximum Gasteiger partial charge on any atom is 0.197 e. The maximum atomic E-state index is 4.21. The minimum Gasteiger partial charge on any atom is -0.355 e. The van der Waals surface area contributed by atoms with Crippen molar-refractivity contribution >= 4 is 94.5 Å². The highest BCUT2D eigenvalue weighted by molar-refractivity contribution is 6.74. The van der Waals surface area contributed by atoms with Gasteiger partial charge in [-0.1, -0.05) is 152 Å². The lowest BCUT2D eigenvalue weighted by atomic mass is 9.58. The van der Waals surface area contributed by atoms with Crippen molar-refractivity contribution in [2.24, 2.45) is 0 Å². The SMILES string of the molecule is Cc1cc2c(cc1Nc1ccc3c#cc4cc5c(cc4c3c1-c1c3c(cc4ccccc14)-n1c4ccc6ccccc6c4c4cccc(c41)[B]3)C(C)(C)CCC5(C)C)C(C)(C)CCC2(C)C. The number of hydrogen-bond acceptors (Lipinski definition) is 1. The summed E-state index contributed by atoms with van der Waals surface area (Å²) in [4.78, 5) is 0. The molecular weight excluding hydrogens is 796 g/mol. The Balaban J connectivity index is 1.18. The van der Waals surface area contributed by atoms with Crippen LogP contribution in [0.2, 0.25) is 0 Å². The first-order valence-corrected chi connectivity index (χ1v) is 24.3. The van der Waals surface area contributed by atoms with Crippen LogP contribution in [0.4, 0.5) is 11.4 Å². The number of aryl methyl sites for hydroxylation is 1. The van der Waals surface area contributed by atoms with Crippen LogP contribution in [0.5, 0.6) is 0 Å². The average Bonchev–Trinajstić information content (AvgIpc) is 3.65. The van der Waals surface area contributed by atoms with Gasteiger partial charge < -0.3 is 9.88 Å². The molecule has 10 aromatic rings. The van der Waals surface area contributed by atoms with Crippen molar-refractivity contribution in [2.45, 2.75) is 110 Å². The Hall–Kier alpha value is -6.50. The molecule has 0 amide bonds. The molecule has 2 heterocycles. The van der Waals surface area contributed by atoms with Crippen LogP contribution in [0.15, 0.2) is 121 Å². The first-order valence-electron chi connectivity index (χ1n) is 24.3. The Morgan fingerprint density at radius 3 is 1.86 bits per heavy atom. The number of fused-ring (bicyclic) bond motifs is 13. The van der Waals surface area contributed by atoms with E-state index < -0.39 is 0 Å². The van der Waals surface area contributed by atoms with Crippen LogP contribution in [0.25, 0.3) is 81.7 Å². The summed E-state index contributed by atoms with van der Waals surface area (Å²) in [6.45, 7) is 21.8. The molecule has 66 heavy (non-hydrogen) atoms. The standard InChI is InChI=1S/C63H56BN2/c1-36-31-45-48(63(8,9)30-27-60(45,2)3)35-51(36)65-50-25-23-38-21-22-40-32-46-47(62(6,7)29-28-61(46,4)5)34-44(40)54(38)57(50)56-42-18-13-11-16-39(42)33-53-58(56)64-49-20-14-19-43-55-41-17-12-10-15-37(41)24-26-52(55)66(53)59(43)49/h10-20,23-26,31-35,65H,27-30H2,1-9H3. The summed E-state index contributed by atoms with van der Waals surface area (Å²) in [6, 6.07) is 54.0. The van der Waals surface area contributed by atoms with E-state index in [0.29, 0.717) is 0 Å². The molecule has 3 aliphatic rings. The van der Waals surface area contributed by atoms with Crippen molar-refractivity contribution in [1.29, 1.82) is 0 Å². The molecule has 0 bridgehead atoms. The van der Waals surface area contributed by atoms with Gasteiger partial charge in [-0.3, -0.25) is 0 Å². The lowest BCUT2D eigenvalue weighted by molar-refractivity contribution is 0.332. The molecule has 0 saturated carbocycles. The third kappa shape index (κ3) is 5.51. The molecule has 13 rings (SSSR count). The van der Waals surface area contributed by atoms with Crippen LogP contribution in [0.3, 0.4) is 0 Å². The summed E-state index contributed by atoms with van der Waals surface area (Å²) in [5.41, 5.74) is 18.4. The lowest BCUT2D eigenvalue weighted by Crippen LogP contribution is -2.37. The normalized spacial score (nSPS) is 17.4. The second kappa shape index (κ2) is 13.3. The summed E-state index contributed by atoms with van der Waals surface area (Å²) < 4.78 is 2.58. The summed E-state index contributed by atoms with van der Waals surface area (Å²) in [5, 5.41) is 16.5. The molecular formula is C63H56BN2. The van der Waals surface area contributed by atoms with Gasteiger partial charge in [-0.15, -0.1) is 0 Å². The summed E-state index contributed by atoms with van der Waals surface area (Å²) >= 11 is 0. The fraction of sp³-hybridized carbons (Fsp3) is 0.270. The largest absolute Gasteiger partial charge is 0.355 e. The van der Waals surface area contributed by atoms with E-state index in [1.807, 2.05) is 0 Å². The highest BCUT2D eigenvalue weighted by Gasteiger charge is 2.39. The Morgan fingerprint density at radius 2 is 1.12 bits per heavy atom. The Kier molecular flexibility index (Phi) is 8.04. The van der Waals surface area contributed by atoms with E-state index in [1.54, 1.807) is 0 Å². The average molecular weight is 852 g/mol. The summed E-state index contributed by atoms with van der Waals surface area (Å²) in [5.74, 6) is 0. The molecule has 2 aliphatic carbocycles. The fourth-order valence-electron chi connectivity index (χ4n) is 12.7. The van der Waals surface area contributed by atoms with Gasteiger partial charge >= 0.3 is 0 Å². The molecule has 0 spiro atoms. The maximum absolute atomic E-state index is 4.21. The highest BCUT2D eigenvalue weighted by Crippen LogP contribution is 2.52. The zero-order valence-electron chi connectivity index (χ0n) is 39.9. The predicted molar refractivity (Wildman–Crippen MR) is 284 cm³/mol. The number of nitrogens with one attached hydrogen (secondary N) is 1. The zero-order chi connectivity index (χ0) is 45.2. The van der Waals surface area contributed by atoms with E-state index in [2.05, 4.69) is 213 Å². The molecule has 0 unspecified atom stereocenters. The molecule has 321 valence electrons. The van der Waals surface area contributed by atoms with Gasteiger partial charge in [-0.05, 0) is 163 Å². The van der Waals surface area contributed by atoms with E-state index in [0.717, 1.165) is 22.9 Å². The summed E-state index contributed by atoms with van der Waals surface area (Å²) in [6.07, 6.45) is 4.68. The minimum atomic E-state index is 0.0445. The topological polar surface area (TPSA) is 17.0 Å². The van der Waals surface area contributed by atoms with E-state index in [9.17, 15) is 0 Å². The van der Waals surface area contributed by atoms with Gasteiger partial charge in [0.1, 0.15) is 0 Å². The predicted octanol–water partition coefficient (Wildman–Crippen LogP) is 15.4. The van der Waals surface area contributed by atoms with Crippen LogP contribution < -0.4 is 16.2 Å². The lowest BCUT2D eigenvalue weighted by Gasteiger charge is -2.42. The Bertz CT molecular complexity index is 3780. The van der Waals surface area contributed by atoms with E-state index in [1.165, 1.54) is 135 Å². The van der Waals surface area contributed by atoms with Crippen LogP contribution >= 0.6 is 0 Å². The third-order valence-corrected chi connectivity index (χ3v) is 16.8. The summed E-state index contributed by atoms with van der Waals surface area (Å²) in [7, 11) is 2.49. The van der Waals surface area contributed by atoms with Crippen LogP contribution in [-0.2, 0) is 21.7 Å². The van der Waals surface area contributed by atoms with Gasteiger partial charge in [0.15, 0.2) is 7.28 Å². The number of benzene rings is 8. The molecule has 1 N–H and O–H groups in total. The van der Waals surface area contributed by atoms with Gasteiger partial charge in [-0.25, -0.2) is 0 Å². The second-order valence-corrected chi connectivity index (χ2v) is 22.8. The monoisotopic (exact) mass is 851 g/mol. The van der Waals surface area contributed by atoms with Gasteiger partial charge in [0.05, 0.1) is 5.52 Å². The molecule has 1 radical (unpaired) electrons. The van der Waals surface area contributed by atoms with Crippen molar-refractivity contribution in [1.82, 2.24) is 4.57 Å². The number of aromatic nitrogens is 1. The number of para-hydroxylation sites is 1. The molecule has 1 aromatic heterocycles. The smallest absolute Gasteiger partial charge is 0.197 e. The van der Waals surface area contributed by atoms with Crippen molar-refractivity contribution in [3.63, 3.8) is 0 Å². The van der Waals surface area contributed by atoms with Gasteiger partial charge in [0.2, 0.25) is 0 Å². The Morgan fingerprint density at radius 1 is 0.500 bits per heavy atom. The van der Waals surface area contributed by atoms with Gasteiger partial charge in [0, 0.05) is 55.1 Å². The third-order valence-electron chi connectivity index (χ3n) is 16.8. The molecule has 3 heteroatoms. The van der Waals surface area contributed by atoms with Crippen LogP contribution in [0.1, 0.15) is 109 Å². The number of anilines is 2. The molecule has 0 fully saturated rings. The molecule has 1 aliphatic heterocycles. The number of nitrogens with zero attached hydrogens (tertiary/aromatic N) is 1. The first kappa shape index (κ1) is 39.8. The van der Waals surface area contributed by atoms with Crippen LogP contribution in [0, 0.1) is 19.1 Å². The van der Waals surface area contributed by atoms with Gasteiger partial charge in [0.25, 0.3) is 0 Å². The Labute approximate surface area is 390 Å². The van der Waals surface area contributed by atoms with E-state index >= 15 is 0 Å². The zero-order valence-corrected chi connectivity index (χ0v) is 39.9. The minimum absolute atomic E-state index is 0.0445. The number of hydrogen-bond donors (Lipinski definition) is 1. The molecule has 0 saturated heterocycles. The van der Waals surface area contributed by atoms with Crippen molar-refractivity contribution in [2.75, 3.05) is 5.32 Å². The molecule has 9 aromatic carbocycles. The van der Waals surface area contributed by atoms with Crippen molar-refractivity contribution in [3.8, 4) is 16.8 Å². The van der Waals surface area contributed by atoms with E-state index in [4.69, 9.17) is 0 Å². The van der Waals surface area contributed by atoms with E-state index in [-0.39, 0.29) is 21.7 Å². The highest BCUT2D eigenvalue weighted by atomic mass is 15.0. The quantitative estimate of drug-likeness (QED) is 0.175. The molecule has 0 atom stereocenters. The number of rotatable bonds is 3.